The third-order valence-corrected chi connectivity index (χ3v) is 4.14. The number of para-hydroxylation sites is 3. The number of aryl methyl sites for hydroxylation is 1. The second kappa shape index (κ2) is 6.25. The molecule has 0 saturated carbocycles. The highest BCUT2D eigenvalue weighted by Gasteiger charge is 2.26. The van der Waals surface area contributed by atoms with Crippen molar-refractivity contribution >= 4 is 16.6 Å². The van der Waals surface area contributed by atoms with E-state index in [1.807, 2.05) is 0 Å². The number of rotatable bonds is 3. The summed E-state index contributed by atoms with van der Waals surface area (Å²) in [5.74, 6) is 1.20. The van der Waals surface area contributed by atoms with Gasteiger partial charge in [-0.05, 0) is 45.0 Å². The van der Waals surface area contributed by atoms with Gasteiger partial charge in [-0.15, -0.1) is 0 Å². The molecule has 116 valence electrons. The summed E-state index contributed by atoms with van der Waals surface area (Å²) in [5.41, 5.74) is 6.20. The molecule has 3 rings (SSSR count). The highest BCUT2D eigenvalue weighted by Crippen LogP contribution is 2.26. The van der Waals surface area contributed by atoms with Gasteiger partial charge in [-0.2, -0.15) is 4.57 Å². The molecule has 0 spiro atoms. The first kappa shape index (κ1) is 15.3. The topological polar surface area (TPSA) is 8.81 Å². The van der Waals surface area contributed by atoms with E-state index in [9.17, 15) is 0 Å². The monoisotopic (exact) mass is 303 g/mol. The summed E-state index contributed by atoms with van der Waals surface area (Å²) >= 11 is 0. The molecule has 0 aliphatic carbocycles. The minimum absolute atomic E-state index is 1.18. The van der Waals surface area contributed by atoms with Gasteiger partial charge in [-0.3, -0.25) is 0 Å². The second-order valence-electron chi connectivity index (χ2n) is 5.96. The van der Waals surface area contributed by atoms with E-state index >= 15 is 0 Å². The van der Waals surface area contributed by atoms with Gasteiger partial charge in [0.2, 0.25) is 0 Å². The minimum Gasteiger partial charge on any atom is -0.225 e. The smallest absolute Gasteiger partial charge is 0.225 e. The molecule has 2 aromatic carbocycles. The van der Waals surface area contributed by atoms with Gasteiger partial charge in [0.15, 0.2) is 11.0 Å². The summed E-state index contributed by atoms with van der Waals surface area (Å²) in [7, 11) is 2.14. The predicted molar refractivity (Wildman–Crippen MR) is 97.5 cm³/mol. The van der Waals surface area contributed by atoms with Gasteiger partial charge in [0, 0.05) is 0 Å². The van der Waals surface area contributed by atoms with Crippen LogP contribution in [0.15, 0.2) is 72.3 Å². The molecule has 2 nitrogen and oxygen atoms in total. The van der Waals surface area contributed by atoms with Crippen LogP contribution in [0, 0.1) is 0 Å². The minimum atomic E-state index is 1.18. The van der Waals surface area contributed by atoms with Crippen molar-refractivity contribution in [1.82, 2.24) is 4.57 Å². The van der Waals surface area contributed by atoms with Crippen LogP contribution in [0.5, 0.6) is 0 Å². The molecule has 0 N–H and O–H groups in total. The van der Waals surface area contributed by atoms with E-state index in [-0.39, 0.29) is 0 Å². The molecule has 0 saturated heterocycles. The maximum atomic E-state index is 2.34. The average Bonchev–Trinajstić information content (AvgIpc) is 2.86. The molecule has 0 fully saturated rings. The Morgan fingerprint density at radius 3 is 2.26 bits per heavy atom. The van der Waals surface area contributed by atoms with Crippen LogP contribution >= 0.6 is 0 Å². The van der Waals surface area contributed by atoms with Crippen LogP contribution in [0.1, 0.15) is 26.6 Å². The number of hydrogen-bond acceptors (Lipinski definition) is 0. The average molecular weight is 303 g/mol. The normalized spacial score (nSPS) is 11.3. The first-order chi connectivity index (χ1) is 11.1. The Morgan fingerprint density at radius 1 is 0.957 bits per heavy atom. The molecule has 0 unspecified atom stereocenters. The summed E-state index contributed by atoms with van der Waals surface area (Å²) in [6.45, 7) is 6.41. The molecule has 0 bridgehead atoms. The highest BCUT2D eigenvalue weighted by atomic mass is 15.2. The Kier molecular flexibility index (Phi) is 4.16. The van der Waals surface area contributed by atoms with Gasteiger partial charge >= 0.3 is 0 Å². The standard InChI is InChI=1S/C21H23N2/c1-5-11-18(16(2)3)21-22(4)19-14-9-10-15-20(19)23(21)17-12-7-6-8-13-17/h5-15H,1-4H3/q+1/b11-5-. The van der Waals surface area contributed by atoms with Gasteiger partial charge in [-0.25, -0.2) is 4.57 Å². The van der Waals surface area contributed by atoms with Gasteiger partial charge in [0.05, 0.1) is 12.6 Å². The van der Waals surface area contributed by atoms with Crippen LogP contribution < -0.4 is 4.57 Å². The number of aromatic nitrogens is 2. The van der Waals surface area contributed by atoms with E-state index in [0.29, 0.717) is 0 Å². The summed E-state index contributed by atoms with van der Waals surface area (Å²) in [4.78, 5) is 0. The zero-order valence-corrected chi connectivity index (χ0v) is 14.2. The van der Waals surface area contributed by atoms with Crippen molar-refractivity contribution < 1.29 is 4.57 Å². The molecule has 23 heavy (non-hydrogen) atoms. The Labute approximate surface area is 138 Å². The number of nitrogens with zero attached hydrogens (tertiary/aromatic N) is 2. The van der Waals surface area contributed by atoms with Gasteiger partial charge in [0.1, 0.15) is 5.69 Å². The summed E-state index contributed by atoms with van der Waals surface area (Å²) in [6, 6.07) is 19.1. The van der Waals surface area contributed by atoms with Crippen molar-refractivity contribution in [3.63, 3.8) is 0 Å². The molecule has 0 atom stereocenters. The zero-order valence-electron chi connectivity index (χ0n) is 14.2. The number of benzene rings is 2. The molecule has 0 amide bonds. The van der Waals surface area contributed by atoms with Crippen LogP contribution in [-0.2, 0) is 7.05 Å². The predicted octanol–water partition coefficient (Wildman–Crippen LogP) is 4.82. The van der Waals surface area contributed by atoms with Gasteiger partial charge in [0.25, 0.3) is 5.82 Å². The number of fused-ring (bicyclic) bond motifs is 1. The fourth-order valence-electron chi connectivity index (χ4n) is 3.09. The maximum Gasteiger partial charge on any atom is 0.294 e. The summed E-state index contributed by atoms with van der Waals surface area (Å²) in [6.07, 6.45) is 4.30. The Bertz CT molecular complexity index is 892. The van der Waals surface area contributed by atoms with Crippen molar-refractivity contribution in [1.29, 1.82) is 0 Å². The number of allylic oxidation sites excluding steroid dienone is 4. The molecule has 0 radical (unpaired) electrons. The third kappa shape index (κ3) is 2.61. The molecule has 2 heteroatoms. The first-order valence-electron chi connectivity index (χ1n) is 8.00. The summed E-state index contributed by atoms with van der Waals surface area (Å²) < 4.78 is 4.63. The SMILES string of the molecule is C/C=C\C(=C(C)C)c1n(-c2ccccc2)c2ccccc2[n+]1C. The lowest BCUT2D eigenvalue weighted by molar-refractivity contribution is -0.647. The lowest BCUT2D eigenvalue weighted by Gasteiger charge is -2.06. The van der Waals surface area contributed by atoms with E-state index < -0.39 is 0 Å². The molecule has 1 heterocycles. The van der Waals surface area contributed by atoms with E-state index in [1.54, 1.807) is 0 Å². The van der Waals surface area contributed by atoms with Crippen molar-refractivity contribution in [2.24, 2.45) is 7.05 Å². The largest absolute Gasteiger partial charge is 0.294 e. The maximum absolute atomic E-state index is 2.34. The second-order valence-corrected chi connectivity index (χ2v) is 5.96. The Morgan fingerprint density at radius 2 is 1.61 bits per heavy atom. The summed E-state index contributed by atoms with van der Waals surface area (Å²) in [5, 5.41) is 0. The van der Waals surface area contributed by atoms with E-state index in [1.165, 1.54) is 33.7 Å². The molecule has 1 aromatic heterocycles. The Balaban J connectivity index is 2.46. The van der Waals surface area contributed by atoms with Crippen LogP contribution in [0.25, 0.3) is 22.3 Å². The molecule has 0 aliphatic heterocycles. The van der Waals surface area contributed by atoms with Crippen LogP contribution in [-0.4, -0.2) is 4.57 Å². The van der Waals surface area contributed by atoms with Crippen LogP contribution in [0.3, 0.4) is 0 Å². The molecular formula is C21H23N2+. The van der Waals surface area contributed by atoms with E-state index in [0.717, 1.165) is 0 Å². The quantitative estimate of drug-likeness (QED) is 0.484. The van der Waals surface area contributed by atoms with Gasteiger partial charge in [-0.1, -0.05) is 48.1 Å². The van der Waals surface area contributed by atoms with Crippen molar-refractivity contribution in [2.75, 3.05) is 0 Å². The Hall–Kier alpha value is -2.61. The van der Waals surface area contributed by atoms with Crippen LogP contribution in [0.4, 0.5) is 0 Å². The third-order valence-electron chi connectivity index (χ3n) is 4.14. The molecule has 0 aliphatic rings. The van der Waals surface area contributed by atoms with E-state index in [2.05, 4.69) is 104 Å². The molecular weight excluding hydrogens is 280 g/mol. The highest BCUT2D eigenvalue weighted by molar-refractivity contribution is 5.81. The zero-order chi connectivity index (χ0) is 16.4. The van der Waals surface area contributed by atoms with Crippen LogP contribution in [0.2, 0.25) is 0 Å². The number of hydrogen-bond donors (Lipinski definition) is 0. The van der Waals surface area contributed by atoms with Gasteiger partial charge < -0.3 is 0 Å². The van der Waals surface area contributed by atoms with Crippen molar-refractivity contribution in [3.8, 4) is 5.69 Å². The van der Waals surface area contributed by atoms with E-state index in [4.69, 9.17) is 0 Å². The lowest BCUT2D eigenvalue weighted by atomic mass is 10.1. The van der Waals surface area contributed by atoms with Crippen molar-refractivity contribution in [3.05, 3.63) is 78.1 Å². The van der Waals surface area contributed by atoms with Crippen molar-refractivity contribution in [2.45, 2.75) is 20.8 Å². The fourth-order valence-corrected chi connectivity index (χ4v) is 3.09. The first-order valence-corrected chi connectivity index (χ1v) is 8.00. The molecule has 3 aromatic rings. The lowest BCUT2D eigenvalue weighted by Crippen LogP contribution is -2.32. The fraction of sp³-hybridized carbons (Fsp3) is 0.190. The number of imidazole rings is 1.